The number of aliphatic hydroxyl groups is 1. The molecule has 0 unspecified atom stereocenters. The summed E-state index contributed by atoms with van der Waals surface area (Å²) >= 11 is 0. The van der Waals surface area contributed by atoms with E-state index in [0.29, 0.717) is 31.3 Å². The molecule has 7 nitrogen and oxygen atoms in total. The van der Waals surface area contributed by atoms with Gasteiger partial charge >= 0.3 is 0 Å². The zero-order valence-corrected chi connectivity index (χ0v) is 20.5. The van der Waals surface area contributed by atoms with Gasteiger partial charge in [-0.1, -0.05) is 30.2 Å². The van der Waals surface area contributed by atoms with E-state index in [-0.39, 0.29) is 25.1 Å². The van der Waals surface area contributed by atoms with Crippen molar-refractivity contribution in [2.24, 2.45) is 0 Å². The second-order valence-electron chi connectivity index (χ2n) is 8.88. The van der Waals surface area contributed by atoms with E-state index in [9.17, 15) is 9.50 Å². The van der Waals surface area contributed by atoms with E-state index in [1.54, 1.807) is 16.8 Å². The largest absolute Gasteiger partial charge is 0.438 e. The van der Waals surface area contributed by atoms with Crippen LogP contribution in [0.25, 0.3) is 5.69 Å². The summed E-state index contributed by atoms with van der Waals surface area (Å²) < 4.78 is 33.1. The first kappa shape index (κ1) is 25.9. The Morgan fingerprint density at radius 3 is 2.83 bits per heavy atom. The van der Waals surface area contributed by atoms with E-state index in [1.807, 2.05) is 37.3 Å². The number of benzene rings is 2. The van der Waals surface area contributed by atoms with E-state index >= 15 is 0 Å². The van der Waals surface area contributed by atoms with Crippen molar-refractivity contribution in [1.82, 2.24) is 14.7 Å². The highest BCUT2D eigenvalue weighted by Gasteiger charge is 2.26. The molecule has 36 heavy (non-hydrogen) atoms. The lowest BCUT2D eigenvalue weighted by atomic mass is 10.1. The summed E-state index contributed by atoms with van der Waals surface area (Å²) in [5.74, 6) is 2.91. The fourth-order valence-corrected chi connectivity index (χ4v) is 4.32. The second-order valence-corrected chi connectivity index (χ2v) is 8.88. The van der Waals surface area contributed by atoms with Crippen LogP contribution < -0.4 is 4.74 Å². The SMILES string of the molecule is C#CCOC[C@H](O)CN(Cc1c(C)nn(-c2ccccc2)c1Oc1cccc(F)c1)C[C@@H]1CCCO1. The summed E-state index contributed by atoms with van der Waals surface area (Å²) in [6.45, 7) is 4.41. The van der Waals surface area contributed by atoms with Gasteiger partial charge in [-0.2, -0.15) is 5.10 Å². The Labute approximate surface area is 211 Å². The number of rotatable bonds is 12. The minimum atomic E-state index is -0.725. The Hall–Kier alpha value is -3.22. The molecule has 0 amide bonds. The Balaban J connectivity index is 1.64. The highest BCUT2D eigenvalue weighted by molar-refractivity contribution is 5.43. The average Bonchev–Trinajstić information content (AvgIpc) is 3.48. The fraction of sp³-hybridized carbons (Fsp3) is 0.393. The number of ether oxygens (including phenoxy) is 3. The molecule has 2 heterocycles. The summed E-state index contributed by atoms with van der Waals surface area (Å²) in [5.41, 5.74) is 2.45. The Morgan fingerprint density at radius 1 is 1.28 bits per heavy atom. The number of terminal acetylenes is 1. The van der Waals surface area contributed by atoms with E-state index in [2.05, 4.69) is 10.8 Å². The minimum absolute atomic E-state index is 0.0842. The predicted molar refractivity (Wildman–Crippen MR) is 135 cm³/mol. The molecule has 1 aliphatic heterocycles. The molecule has 0 radical (unpaired) electrons. The van der Waals surface area contributed by atoms with Gasteiger partial charge in [0.1, 0.15) is 18.2 Å². The Kier molecular flexibility index (Phi) is 9.09. The molecule has 1 aromatic heterocycles. The van der Waals surface area contributed by atoms with Crippen molar-refractivity contribution in [2.45, 2.75) is 38.5 Å². The molecule has 2 atom stereocenters. The van der Waals surface area contributed by atoms with Crippen molar-refractivity contribution < 1.29 is 23.7 Å². The summed E-state index contributed by atoms with van der Waals surface area (Å²) in [7, 11) is 0. The molecule has 0 saturated carbocycles. The maximum absolute atomic E-state index is 13.9. The quantitative estimate of drug-likeness (QED) is 0.303. The van der Waals surface area contributed by atoms with Gasteiger partial charge in [0, 0.05) is 32.3 Å². The van der Waals surface area contributed by atoms with Gasteiger partial charge in [0.25, 0.3) is 0 Å². The molecule has 0 bridgehead atoms. The lowest BCUT2D eigenvalue weighted by Crippen LogP contribution is -2.39. The molecule has 190 valence electrons. The first-order valence-electron chi connectivity index (χ1n) is 12.1. The molecule has 1 aliphatic rings. The van der Waals surface area contributed by atoms with E-state index in [4.69, 9.17) is 25.7 Å². The van der Waals surface area contributed by atoms with E-state index in [1.165, 1.54) is 12.1 Å². The van der Waals surface area contributed by atoms with Gasteiger partial charge in [-0.05, 0) is 44.0 Å². The molecule has 0 aliphatic carbocycles. The van der Waals surface area contributed by atoms with Crippen LogP contribution in [-0.4, -0.2) is 64.9 Å². The number of hydrogen-bond acceptors (Lipinski definition) is 6. The number of aromatic nitrogens is 2. The van der Waals surface area contributed by atoms with Crippen molar-refractivity contribution in [2.75, 3.05) is 32.9 Å². The van der Waals surface area contributed by atoms with Gasteiger partial charge in [0.15, 0.2) is 0 Å². The van der Waals surface area contributed by atoms with Crippen LogP contribution in [0, 0.1) is 25.1 Å². The van der Waals surface area contributed by atoms with Crippen molar-refractivity contribution in [1.29, 1.82) is 0 Å². The smallest absolute Gasteiger partial charge is 0.227 e. The molecular formula is C28H32FN3O4. The normalized spacial score (nSPS) is 16.2. The third kappa shape index (κ3) is 6.93. The number of para-hydroxylation sites is 1. The van der Waals surface area contributed by atoms with Gasteiger partial charge in [0.2, 0.25) is 5.88 Å². The number of aryl methyl sites for hydroxylation is 1. The van der Waals surface area contributed by atoms with Crippen LogP contribution in [0.2, 0.25) is 0 Å². The van der Waals surface area contributed by atoms with Crippen molar-refractivity contribution in [3.8, 4) is 29.7 Å². The van der Waals surface area contributed by atoms with Crippen LogP contribution in [0.3, 0.4) is 0 Å². The molecule has 1 fully saturated rings. The first-order valence-corrected chi connectivity index (χ1v) is 12.1. The summed E-state index contributed by atoms with van der Waals surface area (Å²) in [6, 6.07) is 15.7. The molecule has 8 heteroatoms. The van der Waals surface area contributed by atoms with E-state index in [0.717, 1.165) is 36.4 Å². The monoisotopic (exact) mass is 493 g/mol. The second kappa shape index (κ2) is 12.7. The van der Waals surface area contributed by atoms with Crippen LogP contribution in [0.1, 0.15) is 24.1 Å². The molecule has 1 N–H and O–H groups in total. The topological polar surface area (TPSA) is 69.0 Å². The van der Waals surface area contributed by atoms with Crippen LogP contribution in [-0.2, 0) is 16.0 Å². The number of hydrogen-bond donors (Lipinski definition) is 1. The zero-order valence-electron chi connectivity index (χ0n) is 20.5. The standard InChI is InChI=1S/C28H32FN3O4/c1-3-14-34-20-24(33)17-31(18-26-13-8-15-35-26)19-27-21(2)30-32(23-10-5-4-6-11-23)28(27)36-25-12-7-9-22(29)16-25/h1,4-7,9-12,16,24,26,33H,8,13-15,17-20H2,2H3/t24-,26+/m1/s1. The van der Waals surface area contributed by atoms with Gasteiger partial charge in [0.05, 0.1) is 35.8 Å². The van der Waals surface area contributed by atoms with Crippen molar-refractivity contribution in [3.05, 3.63) is 71.7 Å². The van der Waals surface area contributed by atoms with E-state index < -0.39 is 6.10 Å². The third-order valence-electron chi connectivity index (χ3n) is 5.98. The lowest BCUT2D eigenvalue weighted by Gasteiger charge is -2.27. The average molecular weight is 494 g/mol. The Bertz CT molecular complexity index is 1160. The maximum Gasteiger partial charge on any atom is 0.227 e. The zero-order chi connectivity index (χ0) is 25.3. The molecule has 0 spiro atoms. The van der Waals surface area contributed by atoms with Gasteiger partial charge < -0.3 is 19.3 Å². The Morgan fingerprint density at radius 2 is 2.11 bits per heavy atom. The van der Waals surface area contributed by atoms with Crippen molar-refractivity contribution >= 4 is 0 Å². The minimum Gasteiger partial charge on any atom is -0.438 e. The molecule has 4 rings (SSSR count). The summed E-state index contributed by atoms with van der Waals surface area (Å²) in [6.07, 6.45) is 6.60. The maximum atomic E-state index is 13.9. The summed E-state index contributed by atoms with van der Waals surface area (Å²) in [4.78, 5) is 2.12. The lowest BCUT2D eigenvalue weighted by molar-refractivity contribution is 0.00935. The molecule has 2 aromatic carbocycles. The summed E-state index contributed by atoms with van der Waals surface area (Å²) in [5, 5.41) is 15.4. The molecule has 1 saturated heterocycles. The fourth-order valence-electron chi connectivity index (χ4n) is 4.32. The van der Waals surface area contributed by atoms with Gasteiger partial charge in [-0.3, -0.25) is 4.90 Å². The number of nitrogens with zero attached hydrogens (tertiary/aromatic N) is 3. The van der Waals surface area contributed by atoms with Gasteiger partial charge in [-0.15, -0.1) is 6.42 Å². The highest BCUT2D eigenvalue weighted by atomic mass is 19.1. The predicted octanol–water partition coefficient (Wildman–Crippen LogP) is 4.10. The first-order chi connectivity index (χ1) is 17.5. The third-order valence-corrected chi connectivity index (χ3v) is 5.98. The van der Waals surface area contributed by atoms with Gasteiger partial charge in [-0.25, -0.2) is 9.07 Å². The van der Waals surface area contributed by atoms with Crippen molar-refractivity contribution in [3.63, 3.8) is 0 Å². The number of halogens is 1. The number of aliphatic hydroxyl groups excluding tert-OH is 1. The van der Waals surface area contributed by atoms with Crippen LogP contribution in [0.4, 0.5) is 4.39 Å². The highest BCUT2D eigenvalue weighted by Crippen LogP contribution is 2.32. The van der Waals surface area contributed by atoms with Crippen LogP contribution >= 0.6 is 0 Å². The molecular weight excluding hydrogens is 461 g/mol. The van der Waals surface area contributed by atoms with Crippen LogP contribution in [0.15, 0.2) is 54.6 Å². The molecule has 3 aromatic rings. The van der Waals surface area contributed by atoms with Crippen LogP contribution in [0.5, 0.6) is 11.6 Å².